The Balaban J connectivity index is 2.69. The fraction of sp³-hybridized carbons (Fsp3) is 0.300. The van der Waals surface area contributed by atoms with E-state index in [-0.39, 0.29) is 22.3 Å². The van der Waals surface area contributed by atoms with Gasteiger partial charge in [-0.1, -0.05) is 36.4 Å². The molecule has 0 heterocycles. The van der Waals surface area contributed by atoms with Gasteiger partial charge in [0, 0.05) is 11.1 Å². The van der Waals surface area contributed by atoms with E-state index in [1.165, 1.54) is 50.2 Å². The van der Waals surface area contributed by atoms with Crippen molar-refractivity contribution < 1.29 is 35.9 Å². The first-order valence-corrected chi connectivity index (χ1v) is 8.19. The van der Waals surface area contributed by atoms with E-state index < -0.39 is 36.8 Å². The molecule has 0 aliphatic carbocycles. The summed E-state index contributed by atoms with van der Waals surface area (Å²) in [4.78, 5) is 24.5. The lowest BCUT2D eigenvalue weighted by Crippen LogP contribution is -2.18. The summed E-state index contributed by atoms with van der Waals surface area (Å²) in [5, 5.41) is 0. The van der Waals surface area contributed by atoms with Crippen LogP contribution in [0.4, 0.5) is 26.3 Å². The zero-order chi connectivity index (χ0) is 21.3. The Morgan fingerprint density at radius 1 is 0.679 bits per heavy atom. The number of rotatable bonds is 5. The number of alkyl halides is 6. The van der Waals surface area contributed by atoms with Gasteiger partial charge >= 0.3 is 12.4 Å². The van der Waals surface area contributed by atoms with Crippen molar-refractivity contribution in [3.63, 3.8) is 0 Å². The molecule has 0 N–H and O–H groups in total. The average Bonchev–Trinajstić information content (AvgIpc) is 2.51. The molecule has 2 aromatic carbocycles. The Morgan fingerprint density at radius 3 is 1.29 bits per heavy atom. The normalized spacial score (nSPS) is 12.1. The fourth-order valence-corrected chi connectivity index (χ4v) is 3.02. The van der Waals surface area contributed by atoms with Gasteiger partial charge in [-0.25, -0.2) is 0 Å². The van der Waals surface area contributed by atoms with Crippen LogP contribution < -0.4 is 0 Å². The lowest BCUT2D eigenvalue weighted by atomic mass is 9.85. The van der Waals surface area contributed by atoms with Crippen LogP contribution in [-0.4, -0.2) is 23.9 Å². The Kier molecular flexibility index (Phi) is 6.01. The molecule has 0 radical (unpaired) electrons. The van der Waals surface area contributed by atoms with Gasteiger partial charge in [-0.05, 0) is 36.1 Å². The highest BCUT2D eigenvalue weighted by Gasteiger charge is 2.35. The molecule has 28 heavy (non-hydrogen) atoms. The van der Waals surface area contributed by atoms with Crippen LogP contribution in [0.15, 0.2) is 36.4 Å². The highest BCUT2D eigenvalue weighted by atomic mass is 19.4. The van der Waals surface area contributed by atoms with E-state index in [4.69, 9.17) is 0 Å². The van der Waals surface area contributed by atoms with Crippen LogP contribution in [0.1, 0.15) is 44.7 Å². The van der Waals surface area contributed by atoms with E-state index in [1.807, 2.05) is 0 Å². The van der Waals surface area contributed by atoms with E-state index >= 15 is 0 Å². The zero-order valence-electron chi connectivity index (χ0n) is 15.0. The number of hydrogen-bond donors (Lipinski definition) is 0. The molecule has 8 heteroatoms. The molecule has 0 bridgehead atoms. The average molecular weight is 402 g/mol. The molecular formula is C20H16F6O2. The van der Waals surface area contributed by atoms with E-state index in [1.54, 1.807) is 0 Å². The minimum absolute atomic E-state index is 0.0420. The van der Waals surface area contributed by atoms with Gasteiger partial charge in [0.2, 0.25) is 0 Å². The Morgan fingerprint density at radius 2 is 1.00 bits per heavy atom. The van der Waals surface area contributed by atoms with Crippen LogP contribution in [0.2, 0.25) is 0 Å². The third kappa shape index (κ3) is 5.21. The predicted octanol–water partition coefficient (Wildman–Crippen LogP) is 6.24. The highest BCUT2D eigenvalue weighted by Crippen LogP contribution is 2.36. The molecule has 2 aromatic rings. The van der Waals surface area contributed by atoms with Crippen LogP contribution in [0.5, 0.6) is 0 Å². The quantitative estimate of drug-likeness (QED) is 0.438. The molecule has 0 fully saturated rings. The van der Waals surface area contributed by atoms with E-state index in [0.29, 0.717) is 11.1 Å². The lowest BCUT2D eigenvalue weighted by molar-refractivity contribution is -0.126. The number of halogens is 6. The number of Topliss-reactive ketones (excluding diaryl/α,β-unsaturated/α-hetero) is 2. The molecule has 150 valence electrons. The maximum atomic E-state index is 12.7. The van der Waals surface area contributed by atoms with Crippen LogP contribution in [0.25, 0.3) is 11.1 Å². The molecule has 0 unspecified atom stereocenters. The Labute approximate surface area is 157 Å². The minimum atomic E-state index is -4.74. The molecule has 0 amide bonds. The van der Waals surface area contributed by atoms with Gasteiger partial charge in [0.25, 0.3) is 0 Å². The number of hydrogen-bond acceptors (Lipinski definition) is 2. The number of carbonyl (C=O) groups is 2. The van der Waals surface area contributed by atoms with Gasteiger partial charge in [-0.2, -0.15) is 26.3 Å². The van der Waals surface area contributed by atoms with Gasteiger partial charge in [-0.15, -0.1) is 0 Å². The first-order chi connectivity index (χ1) is 12.8. The Hall–Kier alpha value is -2.64. The van der Waals surface area contributed by atoms with Gasteiger partial charge in [0.05, 0.1) is 0 Å². The van der Waals surface area contributed by atoms with Crippen LogP contribution in [0.3, 0.4) is 0 Å². The molecule has 0 spiro atoms. The minimum Gasteiger partial charge on any atom is -0.294 e. The summed E-state index contributed by atoms with van der Waals surface area (Å²) < 4.78 is 76.2. The smallest absolute Gasteiger partial charge is 0.294 e. The number of ketones is 2. The Bertz CT molecular complexity index is 834. The largest absolute Gasteiger partial charge is 0.396 e. The summed E-state index contributed by atoms with van der Waals surface area (Å²) in [5.41, 5.74) is 0.271. The van der Waals surface area contributed by atoms with Gasteiger partial charge in [0.1, 0.15) is 12.8 Å². The van der Waals surface area contributed by atoms with Crippen LogP contribution in [-0.2, 0) is 0 Å². The highest BCUT2D eigenvalue weighted by molar-refractivity contribution is 6.09. The second-order valence-corrected chi connectivity index (χ2v) is 6.43. The summed E-state index contributed by atoms with van der Waals surface area (Å²) >= 11 is 0. The van der Waals surface area contributed by atoms with Crippen molar-refractivity contribution in [2.75, 3.05) is 0 Å². The topological polar surface area (TPSA) is 34.1 Å². The SMILES string of the molecule is Cc1cccc(C(=O)CC(F)(F)F)c1-c1c(C)cccc1C(=O)CC(F)(F)F. The number of carbonyl (C=O) groups excluding carboxylic acids is 2. The zero-order valence-corrected chi connectivity index (χ0v) is 15.0. The maximum Gasteiger partial charge on any atom is 0.396 e. The lowest BCUT2D eigenvalue weighted by Gasteiger charge is -2.18. The molecule has 0 aliphatic rings. The number of aryl methyl sites for hydroxylation is 2. The standard InChI is InChI=1S/C20H16F6O2/c1-11-5-3-7-13(15(27)9-19(21,22)23)17(11)18-12(2)6-4-8-14(18)16(28)10-20(24,25)26/h3-8H,9-10H2,1-2H3. The van der Waals surface area contributed by atoms with Gasteiger partial charge in [-0.3, -0.25) is 9.59 Å². The molecule has 0 saturated heterocycles. The second kappa shape index (κ2) is 7.77. The predicted molar refractivity (Wildman–Crippen MR) is 91.4 cm³/mol. The van der Waals surface area contributed by atoms with Crippen molar-refractivity contribution in [2.45, 2.75) is 39.0 Å². The van der Waals surface area contributed by atoms with E-state index in [9.17, 15) is 35.9 Å². The van der Waals surface area contributed by atoms with Crippen molar-refractivity contribution in [2.24, 2.45) is 0 Å². The summed E-state index contributed by atoms with van der Waals surface area (Å²) in [6.45, 7) is 3.04. The third-order valence-electron chi connectivity index (χ3n) is 4.12. The number of benzene rings is 2. The van der Waals surface area contributed by atoms with Crippen molar-refractivity contribution in [3.05, 3.63) is 58.7 Å². The molecule has 0 aromatic heterocycles. The monoisotopic (exact) mass is 402 g/mol. The van der Waals surface area contributed by atoms with Crippen molar-refractivity contribution in [1.82, 2.24) is 0 Å². The van der Waals surface area contributed by atoms with Gasteiger partial charge in [0.15, 0.2) is 11.6 Å². The molecule has 0 saturated carbocycles. The molecule has 0 aliphatic heterocycles. The van der Waals surface area contributed by atoms with Crippen molar-refractivity contribution >= 4 is 11.6 Å². The molecule has 2 nitrogen and oxygen atoms in total. The van der Waals surface area contributed by atoms with Crippen molar-refractivity contribution in [1.29, 1.82) is 0 Å². The molecular weight excluding hydrogens is 386 g/mol. The van der Waals surface area contributed by atoms with Crippen LogP contribution >= 0.6 is 0 Å². The summed E-state index contributed by atoms with van der Waals surface area (Å²) in [5.74, 6) is -2.44. The maximum absolute atomic E-state index is 12.7. The molecule has 2 rings (SSSR count). The first kappa shape index (κ1) is 21.7. The van der Waals surface area contributed by atoms with Gasteiger partial charge < -0.3 is 0 Å². The summed E-state index contributed by atoms with van der Waals surface area (Å²) in [6, 6.07) is 8.17. The van der Waals surface area contributed by atoms with E-state index in [0.717, 1.165) is 0 Å². The first-order valence-electron chi connectivity index (χ1n) is 8.19. The molecule has 0 atom stereocenters. The summed E-state index contributed by atoms with van der Waals surface area (Å²) in [7, 11) is 0. The van der Waals surface area contributed by atoms with E-state index in [2.05, 4.69) is 0 Å². The fourth-order valence-electron chi connectivity index (χ4n) is 3.02. The third-order valence-corrected chi connectivity index (χ3v) is 4.12. The van der Waals surface area contributed by atoms with Crippen molar-refractivity contribution in [3.8, 4) is 11.1 Å². The van der Waals surface area contributed by atoms with Crippen LogP contribution in [0, 0.1) is 13.8 Å². The second-order valence-electron chi connectivity index (χ2n) is 6.43. The summed E-state index contributed by atoms with van der Waals surface area (Å²) in [6.07, 6.45) is -12.9.